The number of aryl methyl sites for hydroxylation is 1. The van der Waals surface area contributed by atoms with Crippen LogP contribution in [0.15, 0.2) is 24.3 Å². The van der Waals surface area contributed by atoms with Crippen LogP contribution in [0.1, 0.15) is 32.8 Å². The third-order valence-corrected chi connectivity index (χ3v) is 3.90. The molecular weight excluding hydrogens is 236 g/mol. The second-order valence-corrected chi connectivity index (χ2v) is 5.65. The standard InChI is InChI=1S/C16H28N2O/c1-6-18(15-9-7-8-13(2)10-15)14(3)11-16(4,12-19)17-5/h7-10,14,17,19H,6,11-12H2,1-5H3. The van der Waals surface area contributed by atoms with E-state index in [0.717, 1.165) is 13.0 Å². The van der Waals surface area contributed by atoms with Gasteiger partial charge in [0.2, 0.25) is 0 Å². The van der Waals surface area contributed by atoms with Crippen LogP contribution >= 0.6 is 0 Å². The van der Waals surface area contributed by atoms with Crippen molar-refractivity contribution < 1.29 is 5.11 Å². The zero-order valence-corrected chi connectivity index (χ0v) is 12.9. The lowest BCUT2D eigenvalue weighted by atomic mass is 9.93. The second-order valence-electron chi connectivity index (χ2n) is 5.65. The maximum atomic E-state index is 9.52. The Hall–Kier alpha value is -1.06. The van der Waals surface area contributed by atoms with Gasteiger partial charge in [-0.1, -0.05) is 12.1 Å². The van der Waals surface area contributed by atoms with Crippen molar-refractivity contribution >= 4 is 5.69 Å². The molecule has 1 rings (SSSR count). The van der Waals surface area contributed by atoms with E-state index in [4.69, 9.17) is 0 Å². The normalized spacial score (nSPS) is 15.9. The summed E-state index contributed by atoms with van der Waals surface area (Å²) in [6.45, 7) is 9.70. The van der Waals surface area contributed by atoms with Gasteiger partial charge in [-0.05, 0) is 58.9 Å². The maximum absolute atomic E-state index is 9.52. The summed E-state index contributed by atoms with van der Waals surface area (Å²) in [6, 6.07) is 8.96. The topological polar surface area (TPSA) is 35.5 Å². The van der Waals surface area contributed by atoms with Gasteiger partial charge in [-0.2, -0.15) is 0 Å². The summed E-state index contributed by atoms with van der Waals surface area (Å²) >= 11 is 0. The molecule has 19 heavy (non-hydrogen) atoms. The van der Waals surface area contributed by atoms with Gasteiger partial charge < -0.3 is 15.3 Å². The fourth-order valence-corrected chi connectivity index (χ4v) is 2.56. The van der Waals surface area contributed by atoms with Crippen LogP contribution in [0.2, 0.25) is 0 Å². The largest absolute Gasteiger partial charge is 0.394 e. The average molecular weight is 264 g/mol. The summed E-state index contributed by atoms with van der Waals surface area (Å²) in [7, 11) is 1.91. The third-order valence-electron chi connectivity index (χ3n) is 3.90. The van der Waals surface area contributed by atoms with E-state index in [-0.39, 0.29) is 12.1 Å². The molecule has 0 spiro atoms. The summed E-state index contributed by atoms with van der Waals surface area (Å²) in [5.74, 6) is 0. The van der Waals surface area contributed by atoms with Crippen LogP contribution in [-0.2, 0) is 0 Å². The van der Waals surface area contributed by atoms with Gasteiger partial charge in [0.05, 0.1) is 6.61 Å². The highest BCUT2D eigenvalue weighted by molar-refractivity contribution is 5.49. The Balaban J connectivity index is 2.85. The number of nitrogens with zero attached hydrogens (tertiary/aromatic N) is 1. The first-order valence-electron chi connectivity index (χ1n) is 7.09. The Bertz CT molecular complexity index is 388. The maximum Gasteiger partial charge on any atom is 0.0611 e. The lowest BCUT2D eigenvalue weighted by Gasteiger charge is -2.37. The Morgan fingerprint density at radius 2 is 2.11 bits per heavy atom. The minimum absolute atomic E-state index is 0.152. The van der Waals surface area contributed by atoms with Gasteiger partial charge in [-0.3, -0.25) is 0 Å². The van der Waals surface area contributed by atoms with Crippen molar-refractivity contribution in [2.45, 2.75) is 45.7 Å². The number of rotatable bonds is 7. The molecule has 3 nitrogen and oxygen atoms in total. The molecule has 1 aromatic carbocycles. The van der Waals surface area contributed by atoms with Crippen LogP contribution in [0.4, 0.5) is 5.69 Å². The molecule has 0 aliphatic rings. The van der Waals surface area contributed by atoms with E-state index >= 15 is 0 Å². The van der Waals surface area contributed by atoms with Gasteiger partial charge in [0.25, 0.3) is 0 Å². The van der Waals surface area contributed by atoms with Crippen molar-refractivity contribution in [1.29, 1.82) is 0 Å². The van der Waals surface area contributed by atoms with E-state index in [1.54, 1.807) is 0 Å². The molecule has 2 N–H and O–H groups in total. The highest BCUT2D eigenvalue weighted by Gasteiger charge is 2.26. The smallest absolute Gasteiger partial charge is 0.0611 e. The third kappa shape index (κ3) is 4.22. The summed E-state index contributed by atoms with van der Waals surface area (Å²) in [4.78, 5) is 2.39. The summed E-state index contributed by atoms with van der Waals surface area (Å²) in [6.07, 6.45) is 0.905. The fourth-order valence-electron chi connectivity index (χ4n) is 2.56. The molecule has 0 heterocycles. The predicted molar refractivity (Wildman–Crippen MR) is 82.8 cm³/mol. The Morgan fingerprint density at radius 1 is 1.42 bits per heavy atom. The number of nitrogens with one attached hydrogen (secondary N) is 1. The Morgan fingerprint density at radius 3 is 2.58 bits per heavy atom. The highest BCUT2D eigenvalue weighted by Crippen LogP contribution is 2.23. The minimum atomic E-state index is -0.226. The average Bonchev–Trinajstić information content (AvgIpc) is 2.39. The molecular formula is C16H28N2O. The van der Waals surface area contributed by atoms with E-state index in [1.165, 1.54) is 11.3 Å². The van der Waals surface area contributed by atoms with E-state index in [2.05, 4.69) is 62.2 Å². The van der Waals surface area contributed by atoms with Crippen LogP contribution < -0.4 is 10.2 Å². The SMILES string of the molecule is CCN(c1cccc(C)c1)C(C)CC(C)(CO)NC. The molecule has 2 unspecified atom stereocenters. The van der Waals surface area contributed by atoms with Crippen LogP contribution in [0.3, 0.4) is 0 Å². The summed E-state index contributed by atoms with van der Waals surface area (Å²) in [5.41, 5.74) is 2.31. The number of hydrogen-bond donors (Lipinski definition) is 2. The number of aliphatic hydroxyl groups excluding tert-OH is 1. The molecule has 1 aromatic rings. The van der Waals surface area contributed by atoms with Crippen molar-refractivity contribution in [3.63, 3.8) is 0 Å². The number of anilines is 1. The zero-order chi connectivity index (χ0) is 14.5. The number of aliphatic hydroxyl groups is 1. The first kappa shape index (κ1) is 16.0. The second kappa shape index (κ2) is 6.92. The molecule has 0 aromatic heterocycles. The first-order chi connectivity index (χ1) is 8.95. The van der Waals surface area contributed by atoms with E-state index in [1.807, 2.05) is 7.05 Å². The highest BCUT2D eigenvalue weighted by atomic mass is 16.3. The fraction of sp³-hybridized carbons (Fsp3) is 0.625. The molecule has 0 aliphatic heterocycles. The quantitative estimate of drug-likeness (QED) is 0.794. The monoisotopic (exact) mass is 264 g/mol. The molecule has 108 valence electrons. The van der Waals surface area contributed by atoms with Crippen molar-refractivity contribution in [3.8, 4) is 0 Å². The number of likely N-dealkylation sites (N-methyl/N-ethyl adjacent to an activating group) is 1. The van der Waals surface area contributed by atoms with Gasteiger partial charge in [-0.15, -0.1) is 0 Å². The molecule has 0 saturated carbocycles. The summed E-state index contributed by atoms with van der Waals surface area (Å²) in [5, 5.41) is 12.7. The van der Waals surface area contributed by atoms with E-state index < -0.39 is 0 Å². The first-order valence-corrected chi connectivity index (χ1v) is 7.09. The van der Waals surface area contributed by atoms with Crippen LogP contribution in [0.25, 0.3) is 0 Å². The van der Waals surface area contributed by atoms with Crippen LogP contribution in [0, 0.1) is 6.92 Å². The van der Waals surface area contributed by atoms with Crippen LogP contribution in [0.5, 0.6) is 0 Å². The molecule has 0 saturated heterocycles. The lowest BCUT2D eigenvalue weighted by Crippen LogP contribution is -2.49. The minimum Gasteiger partial charge on any atom is -0.394 e. The molecule has 0 radical (unpaired) electrons. The zero-order valence-electron chi connectivity index (χ0n) is 12.9. The predicted octanol–water partition coefficient (Wildman–Crippen LogP) is 2.57. The van der Waals surface area contributed by atoms with Crippen LogP contribution in [-0.4, -0.2) is 36.9 Å². The van der Waals surface area contributed by atoms with E-state index in [9.17, 15) is 5.11 Å². The Labute approximate surface area is 117 Å². The van der Waals surface area contributed by atoms with Crippen molar-refractivity contribution in [2.24, 2.45) is 0 Å². The molecule has 2 atom stereocenters. The van der Waals surface area contributed by atoms with Gasteiger partial charge in [0, 0.05) is 23.8 Å². The molecule has 0 aliphatic carbocycles. The van der Waals surface area contributed by atoms with E-state index in [0.29, 0.717) is 6.04 Å². The van der Waals surface area contributed by atoms with Gasteiger partial charge >= 0.3 is 0 Å². The van der Waals surface area contributed by atoms with Crippen molar-refractivity contribution in [2.75, 3.05) is 25.1 Å². The molecule has 0 bridgehead atoms. The van der Waals surface area contributed by atoms with Gasteiger partial charge in [0.1, 0.15) is 0 Å². The molecule has 0 amide bonds. The Kier molecular flexibility index (Phi) is 5.83. The number of benzene rings is 1. The summed E-state index contributed by atoms with van der Waals surface area (Å²) < 4.78 is 0. The number of hydrogen-bond acceptors (Lipinski definition) is 3. The van der Waals surface area contributed by atoms with Crippen molar-refractivity contribution in [3.05, 3.63) is 29.8 Å². The van der Waals surface area contributed by atoms with Gasteiger partial charge in [0.15, 0.2) is 0 Å². The van der Waals surface area contributed by atoms with Crippen molar-refractivity contribution in [1.82, 2.24) is 5.32 Å². The lowest BCUT2D eigenvalue weighted by molar-refractivity contribution is 0.167. The molecule has 0 fully saturated rings. The van der Waals surface area contributed by atoms with Gasteiger partial charge in [-0.25, -0.2) is 0 Å². The molecule has 3 heteroatoms.